The normalized spacial score (nSPS) is 31.5. The van der Waals surface area contributed by atoms with Crippen molar-refractivity contribution in [3.05, 3.63) is 46.8 Å². The minimum atomic E-state index is 0.183. The standard InChI is InChI=1S/C29H43F/c1-3-5-6-7-9-22-11-16-27-25(19-22)15-17-28(29(27)30)26-14-13-23-18-21(8-4-2)10-12-24(23)20-26/h4,8,15,17,21-24,26H,3,5-7,9-14,16,18-20H2,1-2H3/b8-4+. The van der Waals surface area contributed by atoms with Gasteiger partial charge in [0, 0.05) is 0 Å². The Labute approximate surface area is 184 Å². The second kappa shape index (κ2) is 10.5. The molecule has 30 heavy (non-hydrogen) atoms. The third-order valence-corrected chi connectivity index (χ3v) is 8.71. The SMILES string of the molecule is C/C=C/C1CCC2CC(c3ccc4c(c3F)CCC(CCCCCC)C4)CCC2C1. The minimum absolute atomic E-state index is 0.183. The molecule has 0 aliphatic heterocycles. The zero-order valence-electron chi connectivity index (χ0n) is 19.5. The Morgan fingerprint density at radius 1 is 0.967 bits per heavy atom. The summed E-state index contributed by atoms with van der Waals surface area (Å²) >= 11 is 0. The van der Waals surface area contributed by atoms with E-state index in [4.69, 9.17) is 0 Å². The highest BCUT2D eigenvalue weighted by Gasteiger charge is 2.36. The van der Waals surface area contributed by atoms with Gasteiger partial charge < -0.3 is 0 Å². The molecule has 0 radical (unpaired) electrons. The predicted octanol–water partition coefficient (Wildman–Crippen LogP) is 8.78. The van der Waals surface area contributed by atoms with Crippen molar-refractivity contribution >= 4 is 0 Å². The second-order valence-electron chi connectivity index (χ2n) is 10.7. The van der Waals surface area contributed by atoms with Gasteiger partial charge >= 0.3 is 0 Å². The van der Waals surface area contributed by atoms with Crippen LogP contribution in [0, 0.1) is 29.5 Å². The molecule has 5 unspecified atom stereocenters. The van der Waals surface area contributed by atoms with E-state index in [1.54, 1.807) is 0 Å². The van der Waals surface area contributed by atoms with E-state index < -0.39 is 0 Å². The average molecular weight is 411 g/mol. The molecule has 5 atom stereocenters. The van der Waals surface area contributed by atoms with Gasteiger partial charge in [-0.3, -0.25) is 0 Å². The Hall–Kier alpha value is -1.11. The van der Waals surface area contributed by atoms with E-state index in [1.807, 2.05) is 0 Å². The maximum atomic E-state index is 15.6. The number of halogens is 1. The molecule has 1 heteroatoms. The number of unbranched alkanes of at least 4 members (excludes halogenated alkanes) is 3. The van der Waals surface area contributed by atoms with Crippen molar-refractivity contribution in [1.82, 2.24) is 0 Å². The molecule has 0 bridgehead atoms. The van der Waals surface area contributed by atoms with Crippen LogP contribution >= 0.6 is 0 Å². The van der Waals surface area contributed by atoms with Crippen LogP contribution in [-0.4, -0.2) is 0 Å². The number of rotatable bonds is 7. The molecule has 0 saturated heterocycles. The van der Waals surface area contributed by atoms with Gasteiger partial charge in [-0.25, -0.2) is 4.39 Å². The fraction of sp³-hybridized carbons (Fsp3) is 0.724. The lowest BCUT2D eigenvalue weighted by molar-refractivity contribution is 0.132. The van der Waals surface area contributed by atoms with Crippen LogP contribution in [0.4, 0.5) is 4.39 Å². The second-order valence-corrected chi connectivity index (χ2v) is 10.7. The molecular weight excluding hydrogens is 367 g/mol. The molecule has 2 saturated carbocycles. The quantitative estimate of drug-likeness (QED) is 0.311. The van der Waals surface area contributed by atoms with Crippen LogP contribution in [0.1, 0.15) is 114 Å². The summed E-state index contributed by atoms with van der Waals surface area (Å²) in [7, 11) is 0. The van der Waals surface area contributed by atoms with Crippen molar-refractivity contribution in [2.75, 3.05) is 0 Å². The molecule has 0 heterocycles. The van der Waals surface area contributed by atoms with Crippen molar-refractivity contribution in [2.24, 2.45) is 23.7 Å². The van der Waals surface area contributed by atoms with E-state index >= 15 is 4.39 Å². The van der Waals surface area contributed by atoms with E-state index in [0.29, 0.717) is 5.92 Å². The third kappa shape index (κ3) is 5.03. The lowest BCUT2D eigenvalue weighted by Gasteiger charge is -2.42. The van der Waals surface area contributed by atoms with E-state index in [0.717, 1.165) is 47.6 Å². The molecule has 0 nitrogen and oxygen atoms in total. The predicted molar refractivity (Wildman–Crippen MR) is 126 cm³/mol. The Morgan fingerprint density at radius 2 is 1.80 bits per heavy atom. The van der Waals surface area contributed by atoms with Gasteiger partial charge in [-0.15, -0.1) is 0 Å². The van der Waals surface area contributed by atoms with Crippen LogP contribution < -0.4 is 0 Å². The molecule has 3 aliphatic rings. The molecule has 0 spiro atoms. The first kappa shape index (κ1) is 22.1. The number of allylic oxidation sites excluding steroid dienone is 2. The summed E-state index contributed by atoms with van der Waals surface area (Å²) in [5.74, 6) is 3.92. The van der Waals surface area contributed by atoms with E-state index in [-0.39, 0.29) is 5.82 Å². The van der Waals surface area contributed by atoms with Crippen molar-refractivity contribution in [3.63, 3.8) is 0 Å². The van der Waals surface area contributed by atoms with Crippen LogP contribution in [0.25, 0.3) is 0 Å². The largest absolute Gasteiger partial charge is 0.206 e. The van der Waals surface area contributed by atoms with Gasteiger partial charge in [0.15, 0.2) is 0 Å². The van der Waals surface area contributed by atoms with E-state index in [9.17, 15) is 0 Å². The van der Waals surface area contributed by atoms with Gasteiger partial charge in [-0.2, -0.15) is 0 Å². The van der Waals surface area contributed by atoms with Crippen LogP contribution in [-0.2, 0) is 12.8 Å². The Morgan fingerprint density at radius 3 is 2.63 bits per heavy atom. The van der Waals surface area contributed by atoms with Gasteiger partial charge in [0.05, 0.1) is 0 Å². The van der Waals surface area contributed by atoms with Gasteiger partial charge in [-0.05, 0) is 111 Å². The van der Waals surface area contributed by atoms with Crippen molar-refractivity contribution in [3.8, 4) is 0 Å². The summed E-state index contributed by atoms with van der Waals surface area (Å²) in [6.45, 7) is 4.43. The van der Waals surface area contributed by atoms with Gasteiger partial charge in [0.1, 0.15) is 5.82 Å². The summed E-state index contributed by atoms with van der Waals surface area (Å²) in [4.78, 5) is 0. The number of benzene rings is 1. The lowest BCUT2D eigenvalue weighted by atomic mass is 9.63. The zero-order valence-corrected chi connectivity index (χ0v) is 19.5. The Balaban J connectivity index is 1.37. The van der Waals surface area contributed by atoms with Gasteiger partial charge in [-0.1, -0.05) is 63.3 Å². The molecule has 1 aromatic rings. The van der Waals surface area contributed by atoms with Gasteiger partial charge in [0.25, 0.3) is 0 Å². The highest BCUT2D eigenvalue weighted by atomic mass is 19.1. The minimum Gasteiger partial charge on any atom is -0.206 e. The number of hydrogen-bond acceptors (Lipinski definition) is 0. The molecule has 0 aromatic heterocycles. The molecular formula is C29H43F. The maximum absolute atomic E-state index is 15.6. The van der Waals surface area contributed by atoms with Gasteiger partial charge in [0.2, 0.25) is 0 Å². The summed E-state index contributed by atoms with van der Waals surface area (Å²) in [5.41, 5.74) is 3.46. The van der Waals surface area contributed by atoms with Crippen molar-refractivity contribution < 1.29 is 4.39 Å². The highest BCUT2D eigenvalue weighted by Crippen LogP contribution is 2.48. The maximum Gasteiger partial charge on any atom is 0.130 e. The van der Waals surface area contributed by atoms with E-state index in [2.05, 4.69) is 38.1 Å². The van der Waals surface area contributed by atoms with Crippen LogP contribution in [0.2, 0.25) is 0 Å². The first-order valence-electron chi connectivity index (χ1n) is 13.1. The summed E-state index contributed by atoms with van der Waals surface area (Å²) in [5, 5.41) is 0. The lowest BCUT2D eigenvalue weighted by Crippen LogP contribution is -2.30. The molecule has 0 N–H and O–H groups in total. The smallest absolute Gasteiger partial charge is 0.130 e. The molecule has 3 aliphatic carbocycles. The van der Waals surface area contributed by atoms with Crippen LogP contribution in [0.3, 0.4) is 0 Å². The fourth-order valence-electron chi connectivity index (χ4n) is 6.98. The first-order valence-corrected chi connectivity index (χ1v) is 13.1. The molecule has 4 rings (SSSR count). The van der Waals surface area contributed by atoms with Crippen molar-refractivity contribution in [1.29, 1.82) is 0 Å². The molecule has 0 amide bonds. The van der Waals surface area contributed by atoms with E-state index in [1.165, 1.54) is 82.6 Å². The summed E-state index contributed by atoms with van der Waals surface area (Å²) < 4.78 is 15.6. The highest BCUT2D eigenvalue weighted by molar-refractivity contribution is 5.38. The number of hydrogen-bond donors (Lipinski definition) is 0. The summed E-state index contributed by atoms with van der Waals surface area (Å²) in [6.07, 6.45) is 22.4. The topological polar surface area (TPSA) is 0 Å². The first-order chi connectivity index (χ1) is 14.7. The third-order valence-electron chi connectivity index (χ3n) is 8.71. The molecule has 1 aromatic carbocycles. The molecule has 2 fully saturated rings. The average Bonchev–Trinajstić information content (AvgIpc) is 2.77. The number of fused-ring (bicyclic) bond motifs is 2. The van der Waals surface area contributed by atoms with Crippen LogP contribution in [0.5, 0.6) is 0 Å². The Bertz CT molecular complexity index is 717. The summed E-state index contributed by atoms with van der Waals surface area (Å²) in [6, 6.07) is 4.49. The fourth-order valence-corrected chi connectivity index (χ4v) is 6.98. The monoisotopic (exact) mass is 410 g/mol. The van der Waals surface area contributed by atoms with Crippen LogP contribution in [0.15, 0.2) is 24.3 Å². The molecule has 166 valence electrons. The Kier molecular flexibility index (Phi) is 7.71. The zero-order chi connectivity index (χ0) is 20.9. The van der Waals surface area contributed by atoms with Crippen molar-refractivity contribution in [2.45, 2.75) is 110 Å².